The second-order valence-corrected chi connectivity index (χ2v) is 5.78. The van der Waals surface area contributed by atoms with E-state index in [0.717, 1.165) is 16.9 Å². The highest BCUT2D eigenvalue weighted by Gasteiger charge is 2.19. The predicted molar refractivity (Wildman–Crippen MR) is 98.8 cm³/mol. The van der Waals surface area contributed by atoms with Crippen LogP contribution in [-0.4, -0.2) is 22.1 Å². The lowest BCUT2D eigenvalue weighted by molar-refractivity contribution is 0.414. The van der Waals surface area contributed by atoms with Crippen LogP contribution in [0.3, 0.4) is 0 Å². The van der Waals surface area contributed by atoms with Crippen LogP contribution in [0.1, 0.15) is 28.4 Å². The van der Waals surface area contributed by atoms with E-state index in [1.807, 2.05) is 49.4 Å². The summed E-state index contributed by atoms with van der Waals surface area (Å²) >= 11 is 0. The fourth-order valence-electron chi connectivity index (χ4n) is 2.57. The van der Waals surface area contributed by atoms with Crippen LogP contribution in [-0.2, 0) is 6.54 Å². The number of hydrogen-bond donors (Lipinski definition) is 1. The lowest BCUT2D eigenvalue weighted by Crippen LogP contribution is -2.10. The van der Waals surface area contributed by atoms with Crippen molar-refractivity contribution in [2.75, 3.05) is 12.4 Å². The van der Waals surface area contributed by atoms with E-state index in [2.05, 4.69) is 26.3 Å². The van der Waals surface area contributed by atoms with Gasteiger partial charge in [-0.15, -0.1) is 0 Å². The number of anilines is 1. The molecule has 0 bridgehead atoms. The van der Waals surface area contributed by atoms with Gasteiger partial charge in [0.05, 0.1) is 24.6 Å². The Morgan fingerprint density at radius 1 is 1.15 bits per heavy atom. The standard InChI is InChI=1S/C20H19N5O/c1-14-12-23-20(24-13-15-6-8-16(26-2)9-7-15)25-19(14)17(11-21)18-5-3-4-10-22-18/h3-10,12,17H,13H2,1-2H3,(H,23,24,25). The maximum atomic E-state index is 9.62. The Kier molecular flexibility index (Phi) is 5.40. The summed E-state index contributed by atoms with van der Waals surface area (Å²) in [4.78, 5) is 13.2. The number of benzene rings is 1. The van der Waals surface area contributed by atoms with E-state index in [1.54, 1.807) is 19.5 Å². The number of ether oxygens (including phenoxy) is 1. The molecule has 0 radical (unpaired) electrons. The number of hydrogen-bond acceptors (Lipinski definition) is 6. The van der Waals surface area contributed by atoms with Crippen LogP contribution in [0, 0.1) is 18.3 Å². The van der Waals surface area contributed by atoms with Gasteiger partial charge in [0.15, 0.2) is 0 Å². The molecule has 0 aliphatic carbocycles. The highest BCUT2D eigenvalue weighted by Crippen LogP contribution is 2.24. The average molecular weight is 345 g/mol. The molecule has 3 rings (SSSR count). The summed E-state index contributed by atoms with van der Waals surface area (Å²) < 4.78 is 5.16. The Labute approximate surface area is 152 Å². The van der Waals surface area contributed by atoms with Crippen molar-refractivity contribution in [3.05, 3.63) is 77.4 Å². The van der Waals surface area contributed by atoms with Gasteiger partial charge < -0.3 is 10.1 Å². The molecule has 3 aromatic rings. The third-order valence-corrected chi connectivity index (χ3v) is 4.01. The average Bonchev–Trinajstić information content (AvgIpc) is 2.70. The Hall–Kier alpha value is -3.46. The molecule has 0 saturated heterocycles. The van der Waals surface area contributed by atoms with E-state index in [1.165, 1.54) is 0 Å². The normalized spacial score (nSPS) is 11.4. The number of nitrogens with zero attached hydrogens (tertiary/aromatic N) is 4. The molecule has 6 heteroatoms. The maximum Gasteiger partial charge on any atom is 0.223 e. The quantitative estimate of drug-likeness (QED) is 0.736. The van der Waals surface area contributed by atoms with Crippen molar-refractivity contribution >= 4 is 5.95 Å². The zero-order chi connectivity index (χ0) is 18.4. The van der Waals surface area contributed by atoms with Gasteiger partial charge in [-0.25, -0.2) is 9.97 Å². The molecule has 6 nitrogen and oxygen atoms in total. The highest BCUT2D eigenvalue weighted by atomic mass is 16.5. The van der Waals surface area contributed by atoms with Crippen molar-refractivity contribution in [3.8, 4) is 11.8 Å². The molecule has 1 N–H and O–H groups in total. The molecule has 0 spiro atoms. The summed E-state index contributed by atoms with van der Waals surface area (Å²) in [5, 5.41) is 12.8. The molecular formula is C20H19N5O. The SMILES string of the molecule is COc1ccc(CNc2ncc(C)c(C(C#N)c3ccccn3)n2)cc1. The molecule has 2 aromatic heterocycles. The Morgan fingerprint density at radius 3 is 2.62 bits per heavy atom. The highest BCUT2D eigenvalue weighted by molar-refractivity contribution is 5.39. The van der Waals surface area contributed by atoms with Crippen molar-refractivity contribution in [2.24, 2.45) is 0 Å². The second-order valence-electron chi connectivity index (χ2n) is 5.78. The Morgan fingerprint density at radius 2 is 1.96 bits per heavy atom. The van der Waals surface area contributed by atoms with Gasteiger partial charge in [0.25, 0.3) is 0 Å². The van der Waals surface area contributed by atoms with E-state index in [9.17, 15) is 5.26 Å². The second kappa shape index (κ2) is 8.08. The number of aryl methyl sites for hydroxylation is 1. The number of rotatable bonds is 6. The van der Waals surface area contributed by atoms with Crippen molar-refractivity contribution < 1.29 is 4.74 Å². The van der Waals surface area contributed by atoms with Crippen LogP contribution in [0.15, 0.2) is 54.9 Å². The van der Waals surface area contributed by atoms with Crippen LogP contribution in [0.25, 0.3) is 0 Å². The molecule has 1 aromatic carbocycles. The number of nitrogens with one attached hydrogen (secondary N) is 1. The Bertz CT molecular complexity index is 904. The number of pyridine rings is 1. The summed E-state index contributed by atoms with van der Waals surface area (Å²) in [6, 6.07) is 15.6. The molecule has 1 atom stereocenters. The summed E-state index contributed by atoms with van der Waals surface area (Å²) in [7, 11) is 1.64. The van der Waals surface area contributed by atoms with Gasteiger partial charge in [0, 0.05) is 18.9 Å². The van der Waals surface area contributed by atoms with Crippen LogP contribution >= 0.6 is 0 Å². The molecule has 2 heterocycles. The first-order valence-electron chi connectivity index (χ1n) is 8.22. The summed E-state index contributed by atoms with van der Waals surface area (Å²) in [6.07, 6.45) is 3.41. The van der Waals surface area contributed by atoms with E-state index in [-0.39, 0.29) is 0 Å². The van der Waals surface area contributed by atoms with Crippen LogP contribution < -0.4 is 10.1 Å². The van der Waals surface area contributed by atoms with Crippen LogP contribution in [0.2, 0.25) is 0 Å². The fourth-order valence-corrected chi connectivity index (χ4v) is 2.57. The summed E-state index contributed by atoms with van der Waals surface area (Å²) in [5.74, 6) is 0.771. The smallest absolute Gasteiger partial charge is 0.223 e. The van der Waals surface area contributed by atoms with Gasteiger partial charge in [-0.1, -0.05) is 18.2 Å². The number of nitriles is 1. The zero-order valence-corrected chi connectivity index (χ0v) is 14.7. The summed E-state index contributed by atoms with van der Waals surface area (Å²) in [5.41, 5.74) is 3.28. The van der Waals surface area contributed by atoms with E-state index in [4.69, 9.17) is 4.74 Å². The van der Waals surface area contributed by atoms with Crippen LogP contribution in [0.5, 0.6) is 5.75 Å². The molecular weight excluding hydrogens is 326 g/mol. The van der Waals surface area contributed by atoms with Gasteiger partial charge in [-0.2, -0.15) is 5.26 Å². The minimum atomic E-state index is -0.527. The largest absolute Gasteiger partial charge is 0.497 e. The molecule has 26 heavy (non-hydrogen) atoms. The van der Waals surface area contributed by atoms with Crippen molar-refractivity contribution in [1.82, 2.24) is 15.0 Å². The van der Waals surface area contributed by atoms with E-state index in [0.29, 0.717) is 23.9 Å². The monoisotopic (exact) mass is 345 g/mol. The van der Waals surface area contributed by atoms with Gasteiger partial charge in [0.1, 0.15) is 11.7 Å². The lowest BCUT2D eigenvalue weighted by atomic mass is 9.99. The molecule has 0 amide bonds. The van der Waals surface area contributed by atoms with Gasteiger partial charge in [-0.05, 0) is 42.3 Å². The first-order chi connectivity index (χ1) is 12.7. The molecule has 0 aliphatic heterocycles. The van der Waals surface area contributed by atoms with E-state index < -0.39 is 5.92 Å². The first-order valence-corrected chi connectivity index (χ1v) is 8.22. The van der Waals surface area contributed by atoms with Gasteiger partial charge in [-0.3, -0.25) is 4.98 Å². The topological polar surface area (TPSA) is 83.7 Å². The summed E-state index contributed by atoms with van der Waals surface area (Å²) in [6.45, 7) is 2.48. The molecule has 1 unspecified atom stereocenters. The number of aromatic nitrogens is 3. The third-order valence-electron chi connectivity index (χ3n) is 4.01. The van der Waals surface area contributed by atoms with Gasteiger partial charge in [0.2, 0.25) is 5.95 Å². The van der Waals surface area contributed by atoms with Crippen molar-refractivity contribution in [2.45, 2.75) is 19.4 Å². The molecule has 0 saturated carbocycles. The molecule has 0 aliphatic rings. The van der Waals surface area contributed by atoms with Crippen molar-refractivity contribution in [3.63, 3.8) is 0 Å². The first kappa shape index (κ1) is 17.4. The van der Waals surface area contributed by atoms with Crippen LogP contribution in [0.4, 0.5) is 5.95 Å². The zero-order valence-electron chi connectivity index (χ0n) is 14.7. The minimum Gasteiger partial charge on any atom is -0.497 e. The minimum absolute atomic E-state index is 0.484. The number of methoxy groups -OCH3 is 1. The third kappa shape index (κ3) is 3.95. The van der Waals surface area contributed by atoms with Gasteiger partial charge >= 0.3 is 0 Å². The van der Waals surface area contributed by atoms with E-state index >= 15 is 0 Å². The Balaban J connectivity index is 1.79. The molecule has 130 valence electrons. The predicted octanol–water partition coefficient (Wildman–Crippen LogP) is 3.46. The lowest BCUT2D eigenvalue weighted by Gasteiger charge is -2.13. The van der Waals surface area contributed by atoms with Crippen molar-refractivity contribution in [1.29, 1.82) is 5.26 Å². The molecule has 0 fully saturated rings. The fraction of sp³-hybridized carbons (Fsp3) is 0.200. The maximum absolute atomic E-state index is 9.62.